The van der Waals surface area contributed by atoms with E-state index in [9.17, 15) is 0 Å². The van der Waals surface area contributed by atoms with Crippen LogP contribution in [0, 0.1) is 0 Å². The average molecular weight is 278 g/mol. The van der Waals surface area contributed by atoms with Gasteiger partial charge in [0.25, 0.3) is 0 Å². The molecule has 0 radical (unpaired) electrons. The van der Waals surface area contributed by atoms with Gasteiger partial charge in [-0.1, -0.05) is 0 Å². The van der Waals surface area contributed by atoms with Crippen molar-refractivity contribution in [3.05, 3.63) is 12.2 Å². The highest BCUT2D eigenvalue weighted by Crippen LogP contribution is 2.45. The maximum absolute atomic E-state index is 6.01. The van der Waals surface area contributed by atoms with E-state index < -0.39 is 0 Å². The number of nitrogens with one attached hydrogen (secondary N) is 1. The summed E-state index contributed by atoms with van der Waals surface area (Å²) in [6, 6.07) is 0.448. The minimum Gasteiger partial charge on any atom is -0.375 e. The SMILES string of the molecule is CC(C)(C)NCc1ncnn1C1CCOC2(CCC2)C1. The summed E-state index contributed by atoms with van der Waals surface area (Å²) in [6.07, 6.45) is 7.57. The Kier molecular flexibility index (Phi) is 3.58. The largest absolute Gasteiger partial charge is 0.375 e. The Labute approximate surface area is 121 Å². The zero-order valence-electron chi connectivity index (χ0n) is 12.9. The molecule has 1 saturated carbocycles. The number of nitrogens with zero attached hydrogens (tertiary/aromatic N) is 3. The summed E-state index contributed by atoms with van der Waals surface area (Å²) in [5.41, 5.74) is 0.255. The van der Waals surface area contributed by atoms with E-state index in [2.05, 4.69) is 40.9 Å². The van der Waals surface area contributed by atoms with Crippen LogP contribution in [0.5, 0.6) is 0 Å². The molecule has 1 saturated heterocycles. The first kappa shape index (κ1) is 14.0. The molecule has 3 rings (SSSR count). The zero-order valence-corrected chi connectivity index (χ0v) is 12.9. The molecule has 2 heterocycles. The van der Waals surface area contributed by atoms with Crippen molar-refractivity contribution in [2.24, 2.45) is 0 Å². The fourth-order valence-corrected chi connectivity index (χ4v) is 3.18. The fourth-order valence-electron chi connectivity index (χ4n) is 3.18. The van der Waals surface area contributed by atoms with E-state index in [0.29, 0.717) is 6.04 Å². The van der Waals surface area contributed by atoms with E-state index in [0.717, 1.165) is 31.8 Å². The number of hydrogen-bond acceptors (Lipinski definition) is 4. The fraction of sp³-hybridized carbons (Fsp3) is 0.867. The predicted molar refractivity (Wildman–Crippen MR) is 77.4 cm³/mol. The molecule has 2 fully saturated rings. The van der Waals surface area contributed by atoms with Gasteiger partial charge in [-0.15, -0.1) is 0 Å². The molecule has 0 bridgehead atoms. The van der Waals surface area contributed by atoms with E-state index in [1.807, 2.05) is 0 Å². The number of ether oxygens (including phenoxy) is 1. The van der Waals surface area contributed by atoms with Crippen LogP contribution in [0.15, 0.2) is 6.33 Å². The summed E-state index contributed by atoms with van der Waals surface area (Å²) in [6.45, 7) is 8.15. The van der Waals surface area contributed by atoms with Gasteiger partial charge in [-0.05, 0) is 52.9 Å². The number of aromatic nitrogens is 3. The third-order valence-corrected chi connectivity index (χ3v) is 4.50. The summed E-state index contributed by atoms with van der Waals surface area (Å²) < 4.78 is 8.13. The third kappa shape index (κ3) is 2.88. The molecule has 0 aromatic carbocycles. The second-order valence-electron chi connectivity index (χ2n) is 7.26. The van der Waals surface area contributed by atoms with Crippen molar-refractivity contribution >= 4 is 0 Å². The van der Waals surface area contributed by atoms with Gasteiger partial charge in [0.2, 0.25) is 0 Å². The van der Waals surface area contributed by atoms with E-state index in [1.165, 1.54) is 19.3 Å². The van der Waals surface area contributed by atoms with Gasteiger partial charge >= 0.3 is 0 Å². The minimum atomic E-state index is 0.0989. The van der Waals surface area contributed by atoms with Crippen LogP contribution in [0.3, 0.4) is 0 Å². The maximum atomic E-state index is 6.01. The van der Waals surface area contributed by atoms with Crippen LogP contribution in [-0.4, -0.2) is 32.5 Å². The highest BCUT2D eigenvalue weighted by Gasteiger charge is 2.43. The van der Waals surface area contributed by atoms with Crippen molar-refractivity contribution in [3.63, 3.8) is 0 Å². The summed E-state index contributed by atoms with van der Waals surface area (Å²) in [4.78, 5) is 4.43. The van der Waals surface area contributed by atoms with Crippen molar-refractivity contribution < 1.29 is 4.74 Å². The Morgan fingerprint density at radius 1 is 1.45 bits per heavy atom. The van der Waals surface area contributed by atoms with Gasteiger partial charge in [-0.2, -0.15) is 5.10 Å². The van der Waals surface area contributed by atoms with Crippen LogP contribution >= 0.6 is 0 Å². The second kappa shape index (κ2) is 5.11. The maximum Gasteiger partial charge on any atom is 0.141 e. The smallest absolute Gasteiger partial charge is 0.141 e. The Bertz CT molecular complexity index is 459. The lowest BCUT2D eigenvalue weighted by Gasteiger charge is -2.47. The Morgan fingerprint density at radius 2 is 2.25 bits per heavy atom. The molecule has 1 aliphatic heterocycles. The van der Waals surface area contributed by atoms with Crippen LogP contribution in [0.25, 0.3) is 0 Å². The van der Waals surface area contributed by atoms with Gasteiger partial charge in [-0.25, -0.2) is 9.67 Å². The third-order valence-electron chi connectivity index (χ3n) is 4.50. The van der Waals surface area contributed by atoms with E-state index >= 15 is 0 Å². The van der Waals surface area contributed by atoms with Crippen LogP contribution in [-0.2, 0) is 11.3 Å². The lowest BCUT2D eigenvalue weighted by Crippen LogP contribution is -2.46. The van der Waals surface area contributed by atoms with Gasteiger partial charge in [0, 0.05) is 12.1 Å². The quantitative estimate of drug-likeness (QED) is 0.922. The highest BCUT2D eigenvalue weighted by molar-refractivity contribution is 4.98. The molecule has 1 spiro atoms. The monoisotopic (exact) mass is 278 g/mol. The van der Waals surface area contributed by atoms with Crippen molar-refractivity contribution in [3.8, 4) is 0 Å². The first-order valence-electron chi connectivity index (χ1n) is 7.75. The molecule has 1 aliphatic carbocycles. The van der Waals surface area contributed by atoms with Gasteiger partial charge in [-0.3, -0.25) is 0 Å². The van der Waals surface area contributed by atoms with Gasteiger partial charge in [0.05, 0.1) is 18.2 Å². The molecular formula is C15H26N4O. The van der Waals surface area contributed by atoms with E-state index in [-0.39, 0.29) is 11.1 Å². The summed E-state index contributed by atoms with van der Waals surface area (Å²) in [5.74, 6) is 1.04. The Balaban J connectivity index is 1.69. The number of rotatable bonds is 3. The van der Waals surface area contributed by atoms with Crippen molar-refractivity contribution in [2.45, 2.75) is 76.6 Å². The standard InChI is InChI=1S/C15H26N4O/c1-14(2,3)17-10-13-16-11-18-19(13)12-5-8-20-15(9-12)6-4-7-15/h11-12,17H,4-10H2,1-3H3. The van der Waals surface area contributed by atoms with Crippen LogP contribution in [0.2, 0.25) is 0 Å². The van der Waals surface area contributed by atoms with Crippen LogP contribution in [0.1, 0.15) is 64.7 Å². The topological polar surface area (TPSA) is 52.0 Å². The number of hydrogen-bond donors (Lipinski definition) is 1. The molecule has 112 valence electrons. The Hall–Kier alpha value is -0.940. The lowest BCUT2D eigenvalue weighted by atomic mass is 9.74. The minimum absolute atomic E-state index is 0.0989. The molecule has 5 heteroatoms. The molecule has 1 atom stereocenters. The molecule has 1 unspecified atom stereocenters. The van der Waals surface area contributed by atoms with E-state index in [1.54, 1.807) is 6.33 Å². The van der Waals surface area contributed by atoms with Gasteiger partial charge in [0.15, 0.2) is 0 Å². The second-order valence-corrected chi connectivity index (χ2v) is 7.26. The summed E-state index contributed by atoms with van der Waals surface area (Å²) >= 11 is 0. The highest BCUT2D eigenvalue weighted by atomic mass is 16.5. The molecular weight excluding hydrogens is 252 g/mol. The van der Waals surface area contributed by atoms with Gasteiger partial charge < -0.3 is 10.1 Å². The molecule has 0 amide bonds. The zero-order chi connectivity index (χ0) is 14.2. The van der Waals surface area contributed by atoms with Crippen molar-refractivity contribution in [2.75, 3.05) is 6.61 Å². The first-order chi connectivity index (χ1) is 9.48. The normalized spacial score (nSPS) is 25.6. The van der Waals surface area contributed by atoms with Crippen molar-refractivity contribution in [1.82, 2.24) is 20.1 Å². The molecule has 5 nitrogen and oxygen atoms in total. The molecule has 20 heavy (non-hydrogen) atoms. The summed E-state index contributed by atoms with van der Waals surface area (Å²) in [7, 11) is 0. The average Bonchev–Trinajstić information content (AvgIpc) is 2.82. The molecule has 1 aromatic heterocycles. The molecule has 1 N–H and O–H groups in total. The van der Waals surface area contributed by atoms with E-state index in [4.69, 9.17) is 4.74 Å². The lowest BCUT2D eigenvalue weighted by molar-refractivity contribution is -0.141. The predicted octanol–water partition coefficient (Wildman–Crippen LogP) is 2.44. The van der Waals surface area contributed by atoms with Gasteiger partial charge in [0.1, 0.15) is 12.2 Å². The van der Waals surface area contributed by atoms with Crippen LogP contribution in [0.4, 0.5) is 0 Å². The molecule has 1 aromatic rings. The molecule has 2 aliphatic rings. The Morgan fingerprint density at radius 3 is 2.90 bits per heavy atom. The van der Waals surface area contributed by atoms with Crippen molar-refractivity contribution in [1.29, 1.82) is 0 Å². The first-order valence-corrected chi connectivity index (χ1v) is 7.75. The summed E-state index contributed by atoms with van der Waals surface area (Å²) in [5, 5.41) is 7.97. The van der Waals surface area contributed by atoms with Crippen LogP contribution < -0.4 is 5.32 Å².